The normalized spacial score (nSPS) is 15.8. The Balaban J connectivity index is 1.31. The number of rotatable bonds is 5. The summed E-state index contributed by atoms with van der Waals surface area (Å²) in [6.45, 7) is 2.31. The Morgan fingerprint density at radius 3 is 2.06 bits per heavy atom. The van der Waals surface area contributed by atoms with Crippen LogP contribution in [0.4, 0.5) is 0 Å². The van der Waals surface area contributed by atoms with Crippen molar-refractivity contribution in [3.8, 4) is 28.5 Å². The van der Waals surface area contributed by atoms with Gasteiger partial charge in [0.25, 0.3) is 0 Å². The van der Waals surface area contributed by atoms with Crippen molar-refractivity contribution in [1.29, 1.82) is 0 Å². The first-order valence-electron chi connectivity index (χ1n) is 17.4. The second-order valence-electron chi connectivity index (χ2n) is 13.3. The predicted octanol–water partition coefficient (Wildman–Crippen LogP) is 11.8. The molecule has 0 saturated carbocycles. The highest BCUT2D eigenvalue weighted by atomic mass is 16.3. The monoisotopic (exact) mass is 653 g/mol. The molecular formula is C47H31N3O. The fourth-order valence-electron chi connectivity index (χ4n) is 7.77. The maximum absolute atomic E-state index is 6.73. The van der Waals surface area contributed by atoms with Gasteiger partial charge in [-0.05, 0) is 53.5 Å². The Kier molecular flexibility index (Phi) is 6.72. The zero-order valence-corrected chi connectivity index (χ0v) is 27.9. The molecule has 0 aliphatic heterocycles. The van der Waals surface area contributed by atoms with E-state index in [0.717, 1.165) is 77.4 Å². The van der Waals surface area contributed by atoms with Crippen molar-refractivity contribution in [3.63, 3.8) is 0 Å². The molecule has 1 aliphatic rings. The third-order valence-electron chi connectivity index (χ3n) is 10.2. The Bertz CT molecular complexity index is 2750. The average Bonchev–Trinajstić information content (AvgIpc) is 3.74. The number of para-hydroxylation sites is 1. The van der Waals surface area contributed by atoms with Crippen LogP contribution in [-0.4, -0.2) is 14.5 Å². The average molecular weight is 654 g/mol. The van der Waals surface area contributed by atoms with E-state index in [4.69, 9.17) is 14.4 Å². The summed E-state index contributed by atoms with van der Waals surface area (Å²) in [5.41, 5.74) is 10.8. The molecule has 240 valence electrons. The topological polar surface area (TPSA) is 43.9 Å². The molecule has 0 amide bonds. The minimum Gasteiger partial charge on any atom is -0.455 e. The molecule has 4 heteroatoms. The van der Waals surface area contributed by atoms with Gasteiger partial charge in [-0.2, -0.15) is 0 Å². The molecule has 1 aliphatic carbocycles. The highest BCUT2D eigenvalue weighted by Crippen LogP contribution is 2.45. The summed E-state index contributed by atoms with van der Waals surface area (Å²) in [5, 5.41) is 4.20. The number of hydrogen-bond donors (Lipinski definition) is 0. The number of aromatic nitrogens is 3. The van der Waals surface area contributed by atoms with E-state index in [2.05, 4.69) is 127 Å². The Labute approximate surface area is 295 Å². The molecule has 0 saturated heterocycles. The van der Waals surface area contributed by atoms with Gasteiger partial charge in [0.2, 0.25) is 5.95 Å². The molecule has 0 spiro atoms. The van der Waals surface area contributed by atoms with Crippen LogP contribution in [0.15, 0.2) is 162 Å². The smallest absolute Gasteiger partial charge is 0.236 e. The predicted molar refractivity (Wildman–Crippen MR) is 208 cm³/mol. The molecular weight excluding hydrogens is 623 g/mol. The van der Waals surface area contributed by atoms with Crippen molar-refractivity contribution >= 4 is 49.3 Å². The third kappa shape index (κ3) is 4.78. The van der Waals surface area contributed by atoms with Gasteiger partial charge in [0, 0.05) is 38.8 Å². The second kappa shape index (κ2) is 11.7. The van der Waals surface area contributed by atoms with Crippen molar-refractivity contribution in [1.82, 2.24) is 14.5 Å². The minimum absolute atomic E-state index is 0.277. The highest BCUT2D eigenvalue weighted by molar-refractivity contribution is 6.26. The molecule has 0 bridgehead atoms. The first kappa shape index (κ1) is 29.2. The molecule has 0 radical (unpaired) electrons. The minimum atomic E-state index is 0.277. The van der Waals surface area contributed by atoms with Crippen LogP contribution in [0.2, 0.25) is 0 Å². The number of nitrogens with zero attached hydrogens (tertiary/aromatic N) is 3. The molecule has 6 aromatic carbocycles. The van der Waals surface area contributed by atoms with Gasteiger partial charge in [0.1, 0.15) is 16.7 Å². The lowest BCUT2D eigenvalue weighted by Gasteiger charge is -2.24. The summed E-state index contributed by atoms with van der Waals surface area (Å²) in [5.74, 6) is 1.13. The summed E-state index contributed by atoms with van der Waals surface area (Å²) in [7, 11) is 0. The van der Waals surface area contributed by atoms with Crippen LogP contribution in [0.5, 0.6) is 0 Å². The Morgan fingerprint density at radius 1 is 0.686 bits per heavy atom. The number of furan rings is 1. The summed E-state index contributed by atoms with van der Waals surface area (Å²) in [6.07, 6.45) is 7.05. The van der Waals surface area contributed by atoms with Crippen LogP contribution >= 0.6 is 0 Å². The first-order chi connectivity index (χ1) is 25.2. The van der Waals surface area contributed by atoms with Crippen LogP contribution in [-0.2, 0) is 0 Å². The van der Waals surface area contributed by atoms with E-state index in [1.165, 1.54) is 5.56 Å². The first-order valence-corrected chi connectivity index (χ1v) is 17.4. The molecule has 10 rings (SSSR count). The summed E-state index contributed by atoms with van der Waals surface area (Å²) in [4.78, 5) is 10.6. The Morgan fingerprint density at radius 2 is 1.35 bits per heavy atom. The maximum atomic E-state index is 6.73. The van der Waals surface area contributed by atoms with Gasteiger partial charge in [0.05, 0.1) is 22.3 Å². The lowest BCUT2D eigenvalue weighted by Crippen LogP contribution is -2.10. The zero-order chi connectivity index (χ0) is 33.9. The molecule has 0 N–H and O–H groups in total. The van der Waals surface area contributed by atoms with E-state index in [9.17, 15) is 0 Å². The SMILES string of the molecule is CC1C=C(c2cc3c4ccccc4oc3c3c4ccc#cc4n(-c4nc(-c5ccccc5)cc(-c5ccccc5)n4)c23)C=CC1c1ccccc1. The quantitative estimate of drug-likeness (QED) is 0.186. The van der Waals surface area contributed by atoms with Crippen LogP contribution in [0, 0.1) is 18.1 Å². The number of allylic oxidation sites excluding steroid dienone is 4. The standard InChI is InChI=1S/C47H31N3O/c1-30-27-34(25-26-35(30)31-15-5-2-6-16-31)38-28-39-36-21-12-14-24-43(36)51-46(39)44-37-22-11-13-23-42(37)50(45(38)44)47-48-40(32-17-7-3-8-18-32)29-41(49-47)33-19-9-4-10-20-33/h2-12,14-22,24-30,35H,1H3. The molecule has 4 nitrogen and oxygen atoms in total. The highest BCUT2D eigenvalue weighted by Gasteiger charge is 2.27. The van der Waals surface area contributed by atoms with Crippen molar-refractivity contribution in [2.75, 3.05) is 0 Å². The van der Waals surface area contributed by atoms with E-state index in [0.29, 0.717) is 5.95 Å². The summed E-state index contributed by atoms with van der Waals surface area (Å²) < 4.78 is 8.90. The molecule has 3 heterocycles. The fraction of sp³-hybridized carbons (Fsp3) is 0.0638. The lowest BCUT2D eigenvalue weighted by atomic mass is 9.80. The summed E-state index contributed by atoms with van der Waals surface area (Å²) in [6, 6.07) is 54.8. The van der Waals surface area contributed by atoms with Gasteiger partial charge in [0.15, 0.2) is 0 Å². The van der Waals surface area contributed by atoms with Crippen LogP contribution in [0.1, 0.15) is 24.0 Å². The van der Waals surface area contributed by atoms with E-state index in [1.807, 2.05) is 54.6 Å². The van der Waals surface area contributed by atoms with Crippen molar-refractivity contribution < 1.29 is 4.42 Å². The molecule has 2 unspecified atom stereocenters. The van der Waals surface area contributed by atoms with Crippen LogP contribution in [0.3, 0.4) is 0 Å². The van der Waals surface area contributed by atoms with Gasteiger partial charge in [-0.3, -0.25) is 4.57 Å². The zero-order valence-electron chi connectivity index (χ0n) is 27.9. The van der Waals surface area contributed by atoms with E-state index in [1.54, 1.807) is 0 Å². The van der Waals surface area contributed by atoms with Gasteiger partial charge in [-0.15, -0.1) is 0 Å². The fourth-order valence-corrected chi connectivity index (χ4v) is 7.77. The largest absolute Gasteiger partial charge is 0.455 e. The van der Waals surface area contributed by atoms with Crippen molar-refractivity contribution in [3.05, 3.63) is 181 Å². The number of benzene rings is 5. The Hall–Kier alpha value is -6.70. The van der Waals surface area contributed by atoms with Crippen molar-refractivity contribution in [2.24, 2.45) is 5.92 Å². The number of fused-ring (bicyclic) bond motifs is 7. The molecule has 3 aromatic heterocycles. The van der Waals surface area contributed by atoms with Crippen molar-refractivity contribution in [2.45, 2.75) is 12.8 Å². The molecule has 0 fully saturated rings. The van der Waals surface area contributed by atoms with Crippen LogP contribution < -0.4 is 0 Å². The van der Waals surface area contributed by atoms with E-state index >= 15 is 0 Å². The molecule has 2 atom stereocenters. The van der Waals surface area contributed by atoms with Crippen LogP contribution in [0.25, 0.3) is 77.8 Å². The van der Waals surface area contributed by atoms with Gasteiger partial charge >= 0.3 is 0 Å². The lowest BCUT2D eigenvalue weighted by molar-refractivity contribution is 0.638. The van der Waals surface area contributed by atoms with Gasteiger partial charge in [-0.1, -0.05) is 140 Å². The maximum Gasteiger partial charge on any atom is 0.236 e. The molecule has 51 heavy (non-hydrogen) atoms. The third-order valence-corrected chi connectivity index (χ3v) is 10.2. The van der Waals surface area contributed by atoms with Gasteiger partial charge < -0.3 is 4.42 Å². The molecule has 9 aromatic rings. The number of hydrogen-bond acceptors (Lipinski definition) is 3. The van der Waals surface area contributed by atoms with Gasteiger partial charge in [-0.25, -0.2) is 9.97 Å². The summed E-state index contributed by atoms with van der Waals surface area (Å²) >= 11 is 0. The van der Waals surface area contributed by atoms with E-state index < -0.39 is 0 Å². The van der Waals surface area contributed by atoms with E-state index in [-0.39, 0.29) is 11.8 Å². The second-order valence-corrected chi connectivity index (χ2v) is 13.3.